The number of fused-ring (bicyclic) bond motifs is 1. The Kier molecular flexibility index (Phi) is 9.14. The van der Waals surface area contributed by atoms with E-state index in [4.69, 9.17) is 4.74 Å². The van der Waals surface area contributed by atoms with Gasteiger partial charge in [0.1, 0.15) is 11.2 Å². The molecule has 0 aliphatic carbocycles. The van der Waals surface area contributed by atoms with Gasteiger partial charge in [0, 0.05) is 35.4 Å². The number of aromatic nitrogens is 2. The van der Waals surface area contributed by atoms with Crippen LogP contribution in [0.3, 0.4) is 0 Å². The highest BCUT2D eigenvalue weighted by Crippen LogP contribution is 2.42. The number of esters is 1. The molecule has 9 heteroatoms. The molecule has 0 fully saturated rings. The Morgan fingerprint density at radius 1 is 1.02 bits per heavy atom. The van der Waals surface area contributed by atoms with Gasteiger partial charge in [-0.1, -0.05) is 58.9 Å². The summed E-state index contributed by atoms with van der Waals surface area (Å²) in [6.45, 7) is 16.4. The molecule has 0 saturated carbocycles. The summed E-state index contributed by atoms with van der Waals surface area (Å²) in [6.07, 6.45) is 3.01. The Hall–Kier alpha value is -3.95. The molecular formula is C35H45N3O5Si. The summed E-state index contributed by atoms with van der Waals surface area (Å²) in [5.41, 5.74) is 5.01. The number of hydrogen-bond acceptors (Lipinski definition) is 5. The van der Waals surface area contributed by atoms with Crippen molar-refractivity contribution < 1.29 is 19.1 Å². The van der Waals surface area contributed by atoms with Crippen LogP contribution in [-0.4, -0.2) is 41.1 Å². The molecule has 234 valence electrons. The van der Waals surface area contributed by atoms with Crippen LogP contribution in [0.15, 0.2) is 59.5 Å². The minimum atomic E-state index is -2.52. The molecule has 1 amide bonds. The molecule has 0 unspecified atom stereocenters. The Morgan fingerprint density at radius 2 is 1.68 bits per heavy atom. The summed E-state index contributed by atoms with van der Waals surface area (Å²) in [5, 5.41) is 3.42. The number of hydrogen-bond donors (Lipinski definition) is 3. The average molecular weight is 616 g/mol. The molecule has 0 spiro atoms. The van der Waals surface area contributed by atoms with E-state index in [1.54, 1.807) is 26.2 Å². The normalized spacial score (nSPS) is 12.4. The van der Waals surface area contributed by atoms with Crippen LogP contribution in [0.1, 0.15) is 79.9 Å². The second kappa shape index (κ2) is 12.2. The fourth-order valence-corrected chi connectivity index (χ4v) is 5.89. The molecule has 0 bridgehead atoms. The zero-order valence-electron chi connectivity index (χ0n) is 27.3. The number of ether oxygens (including phenoxy) is 1. The summed E-state index contributed by atoms with van der Waals surface area (Å²) in [5.74, 6) is -0.760. The van der Waals surface area contributed by atoms with E-state index < -0.39 is 14.3 Å². The third kappa shape index (κ3) is 6.74. The number of aromatic amines is 1. The van der Waals surface area contributed by atoms with E-state index in [1.165, 1.54) is 4.57 Å². The van der Waals surface area contributed by atoms with Crippen molar-refractivity contribution in [2.75, 3.05) is 11.9 Å². The molecular weight excluding hydrogens is 570 g/mol. The SMILES string of the molecule is CCOC(=O)c1cc2c(-c3cccc(NC(=O)c4ccc(C(C)(C)C)cc4)c3CCC(C)(C)[Si](C)(C)O)cn(C)c(=O)c2[nH]1. The van der Waals surface area contributed by atoms with E-state index in [1.807, 2.05) is 55.6 Å². The number of benzene rings is 2. The predicted octanol–water partition coefficient (Wildman–Crippen LogP) is 7.17. The number of rotatable bonds is 9. The molecule has 2 heterocycles. The van der Waals surface area contributed by atoms with Crippen LogP contribution in [0.2, 0.25) is 18.1 Å². The van der Waals surface area contributed by atoms with Gasteiger partial charge in [0.05, 0.1) is 6.61 Å². The Bertz CT molecular complexity index is 1750. The van der Waals surface area contributed by atoms with Crippen LogP contribution in [0.5, 0.6) is 0 Å². The molecule has 4 aromatic rings. The van der Waals surface area contributed by atoms with Gasteiger partial charge in [-0.25, -0.2) is 4.79 Å². The third-order valence-electron chi connectivity index (χ3n) is 8.84. The van der Waals surface area contributed by atoms with E-state index in [0.717, 1.165) is 22.3 Å². The molecule has 2 aromatic carbocycles. The summed E-state index contributed by atoms with van der Waals surface area (Å²) in [6, 6.07) is 15.0. The van der Waals surface area contributed by atoms with Crippen molar-refractivity contribution in [1.82, 2.24) is 9.55 Å². The van der Waals surface area contributed by atoms with E-state index in [9.17, 15) is 19.2 Å². The number of nitrogens with zero attached hydrogens (tertiary/aromatic N) is 1. The number of carbonyl (C=O) groups excluding carboxylic acids is 2. The van der Waals surface area contributed by atoms with Crippen LogP contribution >= 0.6 is 0 Å². The maximum absolute atomic E-state index is 13.5. The Balaban J connectivity index is 1.86. The number of carbonyl (C=O) groups is 2. The second-order valence-corrected chi connectivity index (χ2v) is 18.2. The molecule has 0 radical (unpaired) electrons. The monoisotopic (exact) mass is 615 g/mol. The maximum atomic E-state index is 13.5. The molecule has 44 heavy (non-hydrogen) atoms. The van der Waals surface area contributed by atoms with E-state index in [2.05, 4.69) is 44.9 Å². The van der Waals surface area contributed by atoms with Gasteiger partial charge in [-0.15, -0.1) is 0 Å². The van der Waals surface area contributed by atoms with Gasteiger partial charge in [0.15, 0.2) is 8.32 Å². The quantitative estimate of drug-likeness (QED) is 0.136. The van der Waals surface area contributed by atoms with Gasteiger partial charge in [0.2, 0.25) is 0 Å². The lowest BCUT2D eigenvalue weighted by Gasteiger charge is -2.35. The zero-order valence-corrected chi connectivity index (χ0v) is 28.3. The minimum absolute atomic E-state index is 0.0282. The molecule has 0 saturated heterocycles. The summed E-state index contributed by atoms with van der Waals surface area (Å²) in [7, 11) is -0.853. The van der Waals surface area contributed by atoms with Crippen molar-refractivity contribution in [3.05, 3.63) is 87.5 Å². The van der Waals surface area contributed by atoms with Crippen LogP contribution in [0.4, 0.5) is 5.69 Å². The van der Waals surface area contributed by atoms with Gasteiger partial charge in [0.25, 0.3) is 11.5 Å². The van der Waals surface area contributed by atoms with Crippen LogP contribution < -0.4 is 10.9 Å². The smallest absolute Gasteiger partial charge is 0.354 e. The standard InChI is InChI=1S/C35H45N3O5Si/c1-10-43-33(41)29-20-26-27(21-38(7)32(40)30(26)36-29)24-12-11-13-28(25(24)18-19-35(5,6)44(8,9)42)37-31(39)22-14-16-23(17-15-22)34(2,3)4/h11-17,20-21,36,42H,10,18-19H2,1-9H3,(H,37,39). The summed E-state index contributed by atoms with van der Waals surface area (Å²) >= 11 is 0. The number of H-pyrrole nitrogens is 1. The van der Waals surface area contributed by atoms with Crippen molar-refractivity contribution >= 4 is 36.8 Å². The lowest BCUT2D eigenvalue weighted by Crippen LogP contribution is -2.39. The van der Waals surface area contributed by atoms with Gasteiger partial charge in [-0.05, 0) is 84.3 Å². The maximum Gasteiger partial charge on any atom is 0.354 e. The molecule has 4 rings (SSSR count). The zero-order chi connectivity index (χ0) is 32.6. The van der Waals surface area contributed by atoms with E-state index in [0.29, 0.717) is 35.0 Å². The molecule has 3 N–H and O–H groups in total. The van der Waals surface area contributed by atoms with Crippen molar-refractivity contribution in [3.63, 3.8) is 0 Å². The first kappa shape index (κ1) is 33.0. The highest BCUT2D eigenvalue weighted by Gasteiger charge is 2.38. The van der Waals surface area contributed by atoms with E-state index >= 15 is 0 Å². The van der Waals surface area contributed by atoms with Crippen LogP contribution in [-0.2, 0) is 23.6 Å². The number of aryl methyl sites for hydroxylation is 1. The summed E-state index contributed by atoms with van der Waals surface area (Å²) < 4.78 is 6.68. The number of pyridine rings is 1. The van der Waals surface area contributed by atoms with Crippen molar-refractivity contribution in [3.8, 4) is 11.1 Å². The van der Waals surface area contributed by atoms with Gasteiger partial charge in [-0.3, -0.25) is 9.59 Å². The fraction of sp³-hybridized carbons (Fsp3) is 0.400. The van der Waals surface area contributed by atoms with Crippen molar-refractivity contribution in [2.24, 2.45) is 7.05 Å². The lowest BCUT2D eigenvalue weighted by atomic mass is 9.86. The highest BCUT2D eigenvalue weighted by molar-refractivity contribution is 6.72. The van der Waals surface area contributed by atoms with Crippen molar-refractivity contribution in [2.45, 2.75) is 77.9 Å². The average Bonchev–Trinajstić information content (AvgIpc) is 3.39. The molecule has 0 aliphatic rings. The highest BCUT2D eigenvalue weighted by atomic mass is 28.4. The third-order valence-corrected chi connectivity index (χ3v) is 12.4. The van der Waals surface area contributed by atoms with Crippen LogP contribution in [0, 0.1) is 0 Å². The molecule has 0 atom stereocenters. The lowest BCUT2D eigenvalue weighted by molar-refractivity contribution is 0.0520. The fourth-order valence-electron chi connectivity index (χ4n) is 5.15. The van der Waals surface area contributed by atoms with Crippen molar-refractivity contribution in [1.29, 1.82) is 0 Å². The van der Waals surface area contributed by atoms with Crippen LogP contribution in [0.25, 0.3) is 22.0 Å². The molecule has 0 aliphatic heterocycles. The van der Waals surface area contributed by atoms with Gasteiger partial charge >= 0.3 is 5.97 Å². The van der Waals surface area contributed by atoms with Gasteiger partial charge in [-0.2, -0.15) is 0 Å². The largest absolute Gasteiger partial charge is 0.461 e. The van der Waals surface area contributed by atoms with E-state index in [-0.39, 0.29) is 34.2 Å². The first-order chi connectivity index (χ1) is 20.4. The molecule has 2 aromatic heterocycles. The topological polar surface area (TPSA) is 113 Å². The Labute approximate surface area is 260 Å². The second-order valence-electron chi connectivity index (χ2n) is 13.7. The first-order valence-corrected chi connectivity index (χ1v) is 18.1. The minimum Gasteiger partial charge on any atom is -0.461 e. The summed E-state index contributed by atoms with van der Waals surface area (Å²) in [4.78, 5) is 53.3. The number of nitrogens with one attached hydrogen (secondary N) is 2. The predicted molar refractivity (Wildman–Crippen MR) is 180 cm³/mol. The first-order valence-electron chi connectivity index (χ1n) is 15.1. The Morgan fingerprint density at radius 3 is 2.27 bits per heavy atom. The number of anilines is 1. The molecule has 8 nitrogen and oxygen atoms in total. The van der Waals surface area contributed by atoms with Gasteiger partial charge < -0.3 is 24.4 Å². The number of amides is 1.